The van der Waals surface area contributed by atoms with Gasteiger partial charge >= 0.3 is 0 Å². The number of para-hydroxylation sites is 5. The first-order chi connectivity index (χ1) is 33.8. The molecule has 1 heterocycles. The zero-order valence-electron chi connectivity index (χ0n) is 37.2. The van der Waals surface area contributed by atoms with E-state index in [-0.39, 0.29) is 0 Å². The Morgan fingerprint density at radius 3 is 1.50 bits per heavy atom. The Bertz CT molecular complexity index is 3870. The fraction of sp³-hybridized carbons (Fsp3) is 0.0154. The summed E-state index contributed by atoms with van der Waals surface area (Å²) in [4.78, 5) is 4.91. The van der Waals surface area contributed by atoms with E-state index in [2.05, 4.69) is 275 Å². The predicted molar refractivity (Wildman–Crippen MR) is 284 cm³/mol. The molecule has 0 fully saturated rings. The first kappa shape index (κ1) is 38.4. The van der Waals surface area contributed by atoms with Crippen LogP contribution in [0.15, 0.2) is 261 Å². The van der Waals surface area contributed by atoms with Gasteiger partial charge in [0.1, 0.15) is 0 Å². The topological polar surface area (TPSA) is 11.4 Å². The maximum atomic E-state index is 2.53. The molecule has 2 aliphatic rings. The van der Waals surface area contributed by atoms with E-state index in [0.29, 0.717) is 0 Å². The van der Waals surface area contributed by atoms with E-state index in [1.54, 1.807) is 0 Å². The number of anilines is 6. The standard InChI is InChI=1S/C65H43N3/c1-5-22-45(23-6-1)66(46-24-7-2-8-25-46)49-38-40-59-56(42-49)52-31-15-18-34-57(52)65(59)58-35-19-16-33-55(58)63-60(65)41-44-21-13-14-30-51(44)64(63)67(47-26-9-3-10-27-47)50-37-39-54-53-32-17-20-36-61(53)68(62(54)43-50)48-28-11-4-12-29-48/h1-43H. The minimum Gasteiger partial charge on any atom is -0.310 e. The lowest BCUT2D eigenvalue weighted by Crippen LogP contribution is -2.26. The molecule has 0 radical (unpaired) electrons. The molecule has 0 amide bonds. The normalized spacial score (nSPS) is 14.2. The van der Waals surface area contributed by atoms with E-state index < -0.39 is 5.41 Å². The second kappa shape index (κ2) is 15.1. The van der Waals surface area contributed by atoms with E-state index in [1.807, 2.05) is 0 Å². The summed E-state index contributed by atoms with van der Waals surface area (Å²) < 4.78 is 2.42. The molecule has 0 saturated heterocycles. The average molecular weight is 866 g/mol. The van der Waals surface area contributed by atoms with Crippen molar-refractivity contribution in [3.05, 3.63) is 283 Å². The van der Waals surface area contributed by atoms with Crippen LogP contribution in [0.3, 0.4) is 0 Å². The van der Waals surface area contributed by atoms with Crippen molar-refractivity contribution in [2.24, 2.45) is 0 Å². The second-order valence-electron chi connectivity index (χ2n) is 18.0. The number of fused-ring (bicyclic) bond motifs is 14. The molecule has 68 heavy (non-hydrogen) atoms. The molecule has 3 nitrogen and oxygen atoms in total. The summed E-state index contributed by atoms with van der Waals surface area (Å²) in [5, 5.41) is 4.87. The maximum absolute atomic E-state index is 2.53. The van der Waals surface area contributed by atoms with Crippen LogP contribution in [0.5, 0.6) is 0 Å². The van der Waals surface area contributed by atoms with Crippen molar-refractivity contribution in [2.45, 2.75) is 5.41 Å². The van der Waals surface area contributed by atoms with Crippen LogP contribution >= 0.6 is 0 Å². The zero-order chi connectivity index (χ0) is 44.8. The van der Waals surface area contributed by atoms with Crippen LogP contribution < -0.4 is 9.80 Å². The Balaban J connectivity index is 1.07. The van der Waals surface area contributed by atoms with E-state index in [9.17, 15) is 0 Å². The van der Waals surface area contributed by atoms with Gasteiger partial charge in [-0.1, -0.05) is 176 Å². The summed E-state index contributed by atoms with van der Waals surface area (Å²) >= 11 is 0. The highest BCUT2D eigenvalue weighted by atomic mass is 15.2. The van der Waals surface area contributed by atoms with Gasteiger partial charge in [-0.25, -0.2) is 0 Å². The third-order valence-corrected chi connectivity index (χ3v) is 14.5. The molecule has 0 aliphatic heterocycles. The Morgan fingerprint density at radius 2 is 0.794 bits per heavy atom. The van der Waals surface area contributed by atoms with Crippen LogP contribution in [0.25, 0.3) is 60.5 Å². The molecule has 0 bridgehead atoms. The molecule has 1 spiro atoms. The lowest BCUT2D eigenvalue weighted by molar-refractivity contribution is 0.795. The van der Waals surface area contributed by atoms with Crippen LogP contribution in [0, 0.1) is 0 Å². The Hall–Kier alpha value is -8.92. The van der Waals surface area contributed by atoms with Crippen molar-refractivity contribution in [3.8, 4) is 27.9 Å². The minimum absolute atomic E-state index is 0.578. The van der Waals surface area contributed by atoms with Crippen molar-refractivity contribution < 1.29 is 0 Å². The van der Waals surface area contributed by atoms with Gasteiger partial charge in [0.25, 0.3) is 0 Å². The highest BCUT2D eigenvalue weighted by molar-refractivity contribution is 6.14. The van der Waals surface area contributed by atoms with Gasteiger partial charge in [-0.05, 0) is 129 Å². The quantitative estimate of drug-likeness (QED) is 0.158. The summed E-state index contributed by atoms with van der Waals surface area (Å²) in [6.07, 6.45) is 0. The van der Waals surface area contributed by atoms with E-state index >= 15 is 0 Å². The fourth-order valence-corrected chi connectivity index (χ4v) is 11.8. The first-order valence-corrected chi connectivity index (χ1v) is 23.5. The number of hydrogen-bond acceptors (Lipinski definition) is 2. The van der Waals surface area contributed by atoms with Gasteiger partial charge in [-0.15, -0.1) is 0 Å². The first-order valence-electron chi connectivity index (χ1n) is 23.5. The van der Waals surface area contributed by atoms with Gasteiger partial charge in [-0.3, -0.25) is 0 Å². The molecule has 14 rings (SSSR count). The molecule has 12 aromatic rings. The number of hydrogen-bond donors (Lipinski definition) is 0. The van der Waals surface area contributed by atoms with Crippen molar-refractivity contribution >= 4 is 66.7 Å². The van der Waals surface area contributed by atoms with E-state index in [0.717, 1.165) is 34.1 Å². The molecule has 2 aliphatic carbocycles. The predicted octanol–water partition coefficient (Wildman–Crippen LogP) is 17.2. The minimum atomic E-state index is -0.578. The Morgan fingerprint density at radius 1 is 0.294 bits per heavy atom. The lowest BCUT2D eigenvalue weighted by Gasteiger charge is -2.33. The van der Waals surface area contributed by atoms with Gasteiger partial charge < -0.3 is 14.4 Å². The SMILES string of the molecule is c1ccc(N(c2ccccc2)c2ccc3c(c2)-c2ccccc2C32c3ccccc3-c3c2cc2ccccc2c3N(c2ccccc2)c2ccc3c4ccccc4n(-c4ccccc4)c3c2)cc1. The van der Waals surface area contributed by atoms with Crippen molar-refractivity contribution in [3.63, 3.8) is 0 Å². The molecule has 1 aromatic heterocycles. The third kappa shape index (κ3) is 5.47. The molecule has 11 aromatic carbocycles. The summed E-state index contributed by atoms with van der Waals surface area (Å²) in [6, 6.07) is 96.1. The Kier molecular flexibility index (Phi) is 8.50. The van der Waals surface area contributed by atoms with Crippen LogP contribution in [0.2, 0.25) is 0 Å². The van der Waals surface area contributed by atoms with Gasteiger partial charge in [0.05, 0.1) is 22.1 Å². The van der Waals surface area contributed by atoms with Gasteiger partial charge in [0, 0.05) is 55.8 Å². The number of rotatable bonds is 7. The Labute approximate surface area is 395 Å². The van der Waals surface area contributed by atoms with Gasteiger partial charge in [0.2, 0.25) is 0 Å². The summed E-state index contributed by atoms with van der Waals surface area (Å²) in [5.74, 6) is 0. The summed E-state index contributed by atoms with van der Waals surface area (Å²) in [7, 11) is 0. The van der Waals surface area contributed by atoms with Crippen LogP contribution in [0.4, 0.5) is 34.1 Å². The molecule has 1 atom stereocenters. The molecule has 1 unspecified atom stereocenters. The smallest absolute Gasteiger partial charge is 0.0726 e. The van der Waals surface area contributed by atoms with Crippen LogP contribution in [-0.2, 0) is 5.41 Å². The second-order valence-corrected chi connectivity index (χ2v) is 18.0. The molecule has 0 saturated carbocycles. The van der Waals surface area contributed by atoms with Crippen molar-refractivity contribution in [1.29, 1.82) is 0 Å². The monoisotopic (exact) mass is 865 g/mol. The van der Waals surface area contributed by atoms with Gasteiger partial charge in [0.15, 0.2) is 0 Å². The zero-order valence-corrected chi connectivity index (χ0v) is 37.2. The molecule has 318 valence electrons. The number of nitrogens with zero attached hydrogens (tertiary/aromatic N) is 3. The third-order valence-electron chi connectivity index (χ3n) is 14.5. The summed E-state index contributed by atoms with van der Waals surface area (Å²) in [6.45, 7) is 0. The highest BCUT2D eigenvalue weighted by Crippen LogP contribution is 2.66. The molecule has 3 heteroatoms. The highest BCUT2D eigenvalue weighted by Gasteiger charge is 2.53. The fourth-order valence-electron chi connectivity index (χ4n) is 11.8. The van der Waals surface area contributed by atoms with Crippen LogP contribution in [0.1, 0.15) is 22.3 Å². The largest absolute Gasteiger partial charge is 0.310 e. The summed E-state index contributed by atoms with van der Waals surface area (Å²) in [5.41, 5.74) is 19.9. The lowest BCUT2D eigenvalue weighted by atomic mass is 9.70. The van der Waals surface area contributed by atoms with Gasteiger partial charge in [-0.2, -0.15) is 0 Å². The molecule has 0 N–H and O–H groups in total. The van der Waals surface area contributed by atoms with E-state index in [4.69, 9.17) is 0 Å². The number of benzene rings is 11. The van der Waals surface area contributed by atoms with Crippen LogP contribution in [-0.4, -0.2) is 4.57 Å². The van der Waals surface area contributed by atoms with Crippen molar-refractivity contribution in [2.75, 3.05) is 9.80 Å². The molecular formula is C65H43N3. The maximum Gasteiger partial charge on any atom is 0.0726 e. The van der Waals surface area contributed by atoms with Crippen molar-refractivity contribution in [1.82, 2.24) is 4.57 Å². The van der Waals surface area contributed by atoms with E-state index in [1.165, 1.54) is 82.8 Å². The number of aromatic nitrogens is 1. The average Bonchev–Trinajstić information content (AvgIpc) is 4.01. The molecular weight excluding hydrogens is 823 g/mol.